The highest BCUT2D eigenvalue weighted by molar-refractivity contribution is 7.99. The van der Waals surface area contributed by atoms with Gasteiger partial charge in [-0.2, -0.15) is 4.98 Å². The monoisotopic (exact) mass is 449 g/mol. The molecule has 0 aliphatic rings. The normalized spacial score (nSPS) is 11.6. The first-order valence-corrected chi connectivity index (χ1v) is 10.3. The van der Waals surface area contributed by atoms with Crippen molar-refractivity contribution in [3.63, 3.8) is 0 Å². The minimum atomic E-state index is -1.29. The SMILES string of the molecule is Nc1nc(N)c(SCCCc2ccc(C(=O)N[C@@H](CCC(=O)O)C(=O)O)cc2)c(=O)[nH]1. The lowest BCUT2D eigenvalue weighted by molar-refractivity contribution is -0.140. The number of carboxylic acids is 2. The third-order valence-corrected chi connectivity index (χ3v) is 5.42. The molecule has 1 heterocycles. The van der Waals surface area contributed by atoms with Crippen LogP contribution in [0.2, 0.25) is 0 Å². The lowest BCUT2D eigenvalue weighted by Gasteiger charge is -2.13. The van der Waals surface area contributed by atoms with Crippen LogP contribution in [-0.2, 0) is 16.0 Å². The molecule has 2 rings (SSSR count). The highest BCUT2D eigenvalue weighted by Crippen LogP contribution is 2.20. The van der Waals surface area contributed by atoms with E-state index in [1.54, 1.807) is 24.3 Å². The van der Waals surface area contributed by atoms with Crippen LogP contribution in [0.5, 0.6) is 0 Å². The number of H-pyrrole nitrogens is 1. The number of hydrogen-bond acceptors (Lipinski definition) is 8. The topological polar surface area (TPSA) is 201 Å². The van der Waals surface area contributed by atoms with Crippen molar-refractivity contribution in [2.45, 2.75) is 36.6 Å². The van der Waals surface area contributed by atoms with Gasteiger partial charge >= 0.3 is 11.9 Å². The molecule has 1 aromatic carbocycles. The van der Waals surface area contributed by atoms with Crippen molar-refractivity contribution in [3.05, 3.63) is 45.7 Å². The number of aromatic amines is 1. The van der Waals surface area contributed by atoms with Gasteiger partial charge in [0.1, 0.15) is 16.8 Å². The van der Waals surface area contributed by atoms with Gasteiger partial charge in [-0.3, -0.25) is 19.4 Å². The maximum absolute atomic E-state index is 12.2. The minimum absolute atomic E-state index is 0.0347. The summed E-state index contributed by atoms with van der Waals surface area (Å²) < 4.78 is 0. The summed E-state index contributed by atoms with van der Waals surface area (Å²) in [5.74, 6) is -2.35. The number of nitrogens with two attached hydrogens (primary N) is 2. The van der Waals surface area contributed by atoms with Gasteiger partial charge in [-0.1, -0.05) is 12.1 Å². The Labute approximate surface area is 181 Å². The molecule has 1 aromatic heterocycles. The van der Waals surface area contributed by atoms with Gasteiger partial charge in [0, 0.05) is 12.0 Å². The van der Waals surface area contributed by atoms with Gasteiger partial charge in [-0.25, -0.2) is 4.79 Å². The third kappa shape index (κ3) is 7.33. The molecule has 12 heteroatoms. The summed E-state index contributed by atoms with van der Waals surface area (Å²) in [6.45, 7) is 0. The highest BCUT2D eigenvalue weighted by Gasteiger charge is 2.21. The standard InChI is InChI=1S/C19H23N5O6S/c20-15-14(17(28)24-19(21)23-15)31-9-1-2-10-3-5-11(6-4-10)16(27)22-12(18(29)30)7-8-13(25)26/h3-6,12H,1-2,7-9H2,(H,22,27)(H,25,26)(H,29,30)(H5,20,21,23,24,28)/t12-/m0/s1. The van der Waals surface area contributed by atoms with Crippen molar-refractivity contribution in [3.8, 4) is 0 Å². The van der Waals surface area contributed by atoms with E-state index in [0.717, 1.165) is 12.0 Å². The van der Waals surface area contributed by atoms with Crippen LogP contribution in [0, 0.1) is 0 Å². The summed E-state index contributed by atoms with van der Waals surface area (Å²) in [4.78, 5) is 52.4. The van der Waals surface area contributed by atoms with Gasteiger partial charge in [0.2, 0.25) is 5.95 Å². The summed E-state index contributed by atoms with van der Waals surface area (Å²) >= 11 is 1.28. The summed E-state index contributed by atoms with van der Waals surface area (Å²) in [7, 11) is 0. The molecule has 8 N–H and O–H groups in total. The summed E-state index contributed by atoms with van der Waals surface area (Å²) in [5, 5.41) is 20.1. The number of carboxylic acid groups (broad SMARTS) is 2. The lowest BCUT2D eigenvalue weighted by atomic mass is 10.1. The smallest absolute Gasteiger partial charge is 0.326 e. The predicted molar refractivity (Wildman–Crippen MR) is 115 cm³/mol. The summed E-state index contributed by atoms with van der Waals surface area (Å²) in [5.41, 5.74) is 12.0. The van der Waals surface area contributed by atoms with E-state index in [0.29, 0.717) is 17.1 Å². The molecule has 0 aliphatic carbocycles. The van der Waals surface area contributed by atoms with Crippen molar-refractivity contribution < 1.29 is 24.6 Å². The average molecular weight is 449 g/mol. The molecule has 0 fully saturated rings. The Morgan fingerprint density at radius 2 is 1.84 bits per heavy atom. The summed E-state index contributed by atoms with van der Waals surface area (Å²) in [6, 6.07) is 5.36. The van der Waals surface area contributed by atoms with Gasteiger partial charge in [-0.05, 0) is 42.7 Å². The van der Waals surface area contributed by atoms with Crippen LogP contribution in [0.3, 0.4) is 0 Å². The quantitative estimate of drug-likeness (QED) is 0.209. The number of hydrogen-bond donors (Lipinski definition) is 6. The first-order chi connectivity index (χ1) is 14.7. The number of amides is 1. The van der Waals surface area contributed by atoms with Crippen molar-refractivity contribution in [2.24, 2.45) is 0 Å². The molecule has 0 bridgehead atoms. The van der Waals surface area contributed by atoms with Crippen molar-refractivity contribution >= 4 is 41.4 Å². The van der Waals surface area contributed by atoms with Crippen LogP contribution in [0.15, 0.2) is 34.0 Å². The molecule has 0 spiro atoms. The Kier molecular flexibility index (Phi) is 8.43. The highest BCUT2D eigenvalue weighted by atomic mass is 32.2. The first kappa shape index (κ1) is 23.7. The fraction of sp³-hybridized carbons (Fsp3) is 0.316. The van der Waals surface area contributed by atoms with E-state index in [2.05, 4.69) is 15.3 Å². The molecular formula is C19H23N5O6S. The second kappa shape index (κ2) is 11.0. The van der Waals surface area contributed by atoms with Gasteiger partial charge in [0.15, 0.2) is 0 Å². The molecule has 0 saturated heterocycles. The molecule has 1 amide bonds. The molecule has 1 atom stereocenters. The number of nitrogens with zero attached hydrogens (tertiary/aromatic N) is 1. The molecule has 0 saturated carbocycles. The Morgan fingerprint density at radius 3 is 2.42 bits per heavy atom. The molecule has 11 nitrogen and oxygen atoms in total. The zero-order valence-electron chi connectivity index (χ0n) is 16.5. The maximum Gasteiger partial charge on any atom is 0.326 e. The van der Waals surface area contributed by atoms with Gasteiger partial charge in [0.05, 0.1) is 0 Å². The van der Waals surface area contributed by atoms with Gasteiger partial charge in [0.25, 0.3) is 11.5 Å². The second-order valence-electron chi connectivity index (χ2n) is 6.61. The molecule has 0 aliphatic heterocycles. The number of aryl methyl sites for hydroxylation is 1. The van der Waals surface area contributed by atoms with Gasteiger partial charge in [-0.15, -0.1) is 11.8 Å². The molecule has 0 unspecified atom stereocenters. The van der Waals surface area contributed by atoms with Crippen molar-refractivity contribution in [2.75, 3.05) is 17.2 Å². The molecule has 31 heavy (non-hydrogen) atoms. The lowest BCUT2D eigenvalue weighted by Crippen LogP contribution is -2.41. The first-order valence-electron chi connectivity index (χ1n) is 9.30. The zero-order valence-corrected chi connectivity index (χ0v) is 17.3. The summed E-state index contributed by atoms with van der Waals surface area (Å²) in [6.07, 6.45) is 0.850. The third-order valence-electron chi connectivity index (χ3n) is 4.24. The number of thioether (sulfide) groups is 1. The van der Waals surface area contributed by atoms with E-state index in [1.165, 1.54) is 11.8 Å². The van der Waals surface area contributed by atoms with E-state index in [9.17, 15) is 19.2 Å². The molecule has 0 radical (unpaired) electrons. The van der Waals surface area contributed by atoms with Crippen LogP contribution < -0.4 is 22.3 Å². The Morgan fingerprint density at radius 1 is 1.16 bits per heavy atom. The van der Waals surface area contributed by atoms with E-state index in [-0.39, 0.29) is 35.7 Å². The maximum atomic E-state index is 12.2. The van der Waals surface area contributed by atoms with Crippen molar-refractivity contribution in [1.29, 1.82) is 0 Å². The van der Waals surface area contributed by atoms with Gasteiger partial charge < -0.3 is 27.0 Å². The number of carbonyl (C=O) groups is 3. The Bertz CT molecular complexity index is 1010. The number of aromatic nitrogens is 2. The van der Waals surface area contributed by atoms with E-state index in [4.69, 9.17) is 21.7 Å². The number of rotatable bonds is 11. The second-order valence-corrected chi connectivity index (χ2v) is 7.72. The van der Waals surface area contributed by atoms with Crippen LogP contribution in [0.25, 0.3) is 0 Å². The van der Waals surface area contributed by atoms with E-state index >= 15 is 0 Å². The number of anilines is 2. The fourth-order valence-electron chi connectivity index (χ4n) is 2.68. The number of aliphatic carboxylic acids is 2. The number of carbonyl (C=O) groups excluding carboxylic acids is 1. The molecular weight excluding hydrogens is 426 g/mol. The number of nitrogens with one attached hydrogen (secondary N) is 2. The molecule has 2 aromatic rings. The Balaban J connectivity index is 1.86. The predicted octanol–water partition coefficient (Wildman–Crippen LogP) is 0.707. The van der Waals surface area contributed by atoms with Crippen LogP contribution in [-0.4, -0.2) is 49.8 Å². The fourth-order valence-corrected chi connectivity index (χ4v) is 3.55. The number of nitrogen functional groups attached to an aromatic ring is 2. The Hall–Kier alpha value is -3.54. The zero-order chi connectivity index (χ0) is 23.0. The average Bonchev–Trinajstić information content (AvgIpc) is 2.69. The van der Waals surface area contributed by atoms with E-state index in [1.807, 2.05) is 0 Å². The minimum Gasteiger partial charge on any atom is -0.481 e. The van der Waals surface area contributed by atoms with Crippen LogP contribution >= 0.6 is 11.8 Å². The van der Waals surface area contributed by atoms with Crippen LogP contribution in [0.4, 0.5) is 11.8 Å². The molecule has 166 valence electrons. The number of benzene rings is 1. The largest absolute Gasteiger partial charge is 0.481 e. The van der Waals surface area contributed by atoms with Crippen LogP contribution in [0.1, 0.15) is 35.2 Å². The van der Waals surface area contributed by atoms with Crippen molar-refractivity contribution in [1.82, 2.24) is 15.3 Å². The van der Waals surface area contributed by atoms with E-state index < -0.39 is 23.9 Å².